The highest BCUT2D eigenvalue weighted by Crippen LogP contribution is 2.43. The minimum atomic E-state index is 0.0664. The van der Waals surface area contributed by atoms with Gasteiger partial charge in [-0.05, 0) is 89.5 Å². The summed E-state index contributed by atoms with van der Waals surface area (Å²) in [4.78, 5) is 4.90. The van der Waals surface area contributed by atoms with Crippen LogP contribution < -0.4 is 4.74 Å². The van der Waals surface area contributed by atoms with Crippen molar-refractivity contribution >= 4 is 52.9 Å². The molecule has 0 aliphatic heterocycles. The van der Waals surface area contributed by atoms with Crippen LogP contribution >= 0.6 is 22.7 Å². The first kappa shape index (κ1) is 23.1. The van der Waals surface area contributed by atoms with Crippen molar-refractivity contribution < 1.29 is 4.74 Å². The minimum Gasteiger partial charge on any atom is -0.462 e. The highest BCUT2D eigenvalue weighted by Gasteiger charge is 2.21. The maximum atomic E-state index is 6.13. The maximum absolute atomic E-state index is 6.13. The number of pyridine rings is 1. The van der Waals surface area contributed by atoms with Gasteiger partial charge in [0, 0.05) is 36.6 Å². The van der Waals surface area contributed by atoms with Gasteiger partial charge < -0.3 is 4.74 Å². The lowest BCUT2D eigenvalue weighted by Crippen LogP contribution is -2.11. The van der Waals surface area contributed by atoms with Crippen molar-refractivity contribution in [3.8, 4) is 17.0 Å². The molecular formula is C30H31NOS2. The summed E-state index contributed by atoms with van der Waals surface area (Å²) in [5.74, 6) is 2.47. The summed E-state index contributed by atoms with van der Waals surface area (Å²) in [5, 5.41) is 5.96. The zero-order valence-electron chi connectivity index (χ0n) is 20.7. The number of hydrogen-bond acceptors (Lipinski definition) is 4. The van der Waals surface area contributed by atoms with Gasteiger partial charge in [0.15, 0.2) is 0 Å². The molecule has 0 aliphatic carbocycles. The first-order valence-corrected chi connectivity index (χ1v) is 13.6. The summed E-state index contributed by atoms with van der Waals surface area (Å²) in [5.41, 5.74) is 3.70. The van der Waals surface area contributed by atoms with E-state index in [9.17, 15) is 0 Å². The summed E-state index contributed by atoms with van der Waals surface area (Å²) in [6.45, 7) is 13.3. The molecule has 0 radical (unpaired) electrons. The van der Waals surface area contributed by atoms with E-state index in [4.69, 9.17) is 9.72 Å². The van der Waals surface area contributed by atoms with Crippen LogP contribution in [-0.2, 0) is 5.41 Å². The molecule has 0 saturated carbocycles. The van der Waals surface area contributed by atoms with Gasteiger partial charge >= 0.3 is 0 Å². The Labute approximate surface area is 209 Å². The van der Waals surface area contributed by atoms with E-state index in [0.29, 0.717) is 5.92 Å². The third kappa shape index (κ3) is 4.37. The fraction of sp³-hybridized carbons (Fsp3) is 0.300. The van der Waals surface area contributed by atoms with E-state index in [1.165, 1.54) is 41.4 Å². The predicted molar refractivity (Wildman–Crippen MR) is 150 cm³/mol. The van der Waals surface area contributed by atoms with Crippen LogP contribution in [-0.4, -0.2) is 4.98 Å². The Morgan fingerprint density at radius 1 is 1.06 bits per heavy atom. The van der Waals surface area contributed by atoms with Crippen LogP contribution in [0.15, 0.2) is 65.9 Å². The van der Waals surface area contributed by atoms with Gasteiger partial charge in [0.25, 0.3) is 0 Å². The smallest absolute Gasteiger partial charge is 0.128 e. The van der Waals surface area contributed by atoms with Gasteiger partial charge in [-0.2, -0.15) is 0 Å². The first-order valence-electron chi connectivity index (χ1n) is 11.9. The van der Waals surface area contributed by atoms with Crippen LogP contribution in [0.1, 0.15) is 53.5 Å². The summed E-state index contributed by atoms with van der Waals surface area (Å²) < 4.78 is 9.99. The Balaban J connectivity index is 1.63. The first-order chi connectivity index (χ1) is 16.2. The topological polar surface area (TPSA) is 22.1 Å². The molecule has 0 spiro atoms. The van der Waals surface area contributed by atoms with E-state index < -0.39 is 0 Å². The average Bonchev–Trinajstić information content (AvgIpc) is 3.40. The second-order valence-corrected chi connectivity index (χ2v) is 12.5. The molecule has 3 aromatic heterocycles. The van der Waals surface area contributed by atoms with E-state index in [2.05, 4.69) is 88.5 Å². The van der Waals surface area contributed by atoms with Crippen LogP contribution in [0.5, 0.6) is 5.75 Å². The van der Waals surface area contributed by atoms with E-state index in [0.717, 1.165) is 23.6 Å². The summed E-state index contributed by atoms with van der Waals surface area (Å²) in [6, 6.07) is 15.4. The van der Waals surface area contributed by atoms with Crippen molar-refractivity contribution in [2.24, 2.45) is 5.92 Å². The molecular weight excluding hydrogens is 454 g/mol. The number of aromatic nitrogens is 1. The number of thiophene rings is 2. The molecule has 0 fully saturated rings. The van der Waals surface area contributed by atoms with Gasteiger partial charge in [-0.25, -0.2) is 0 Å². The molecule has 0 amide bonds. The Bertz CT molecular complexity index is 1530. The quantitative estimate of drug-likeness (QED) is 0.231. The molecule has 0 atom stereocenters. The van der Waals surface area contributed by atoms with Gasteiger partial charge in [-0.3, -0.25) is 4.98 Å². The molecule has 3 heterocycles. The van der Waals surface area contributed by atoms with Crippen LogP contribution in [0.25, 0.3) is 41.5 Å². The Hall–Kier alpha value is -2.69. The Kier molecular flexibility index (Phi) is 5.99. The standard InChI is InChI=1S/C30H31NOS2/c1-18(2)7-8-19(3)32-22-9-10-23-26(17-22)34-25-11-13-31-28(27(23)25)21-15-20-12-14-33-29(20)24(16-21)30(4,5)6/h8-18H,7H2,1-6H3/b19-8+. The summed E-state index contributed by atoms with van der Waals surface area (Å²) >= 11 is 3.63. The number of benzene rings is 2. The van der Waals surface area contributed by atoms with Crippen molar-refractivity contribution in [1.29, 1.82) is 0 Å². The second kappa shape index (κ2) is 8.83. The van der Waals surface area contributed by atoms with Gasteiger partial charge in [-0.15, -0.1) is 22.7 Å². The number of hydrogen-bond donors (Lipinski definition) is 0. The lowest BCUT2D eigenvalue weighted by Gasteiger charge is -2.21. The fourth-order valence-corrected chi connectivity index (χ4v) is 6.62. The van der Waals surface area contributed by atoms with E-state index in [1.54, 1.807) is 0 Å². The van der Waals surface area contributed by atoms with Crippen molar-refractivity contribution in [2.45, 2.75) is 53.4 Å². The van der Waals surface area contributed by atoms with Gasteiger partial charge in [-0.1, -0.05) is 34.6 Å². The molecule has 2 aromatic carbocycles. The molecule has 0 unspecified atom stereocenters. The van der Waals surface area contributed by atoms with Crippen molar-refractivity contribution in [1.82, 2.24) is 4.98 Å². The number of rotatable bonds is 5. The molecule has 0 bridgehead atoms. The lowest BCUT2D eigenvalue weighted by molar-refractivity contribution is 0.423. The van der Waals surface area contributed by atoms with Gasteiger partial charge in [0.05, 0.1) is 11.5 Å². The highest BCUT2D eigenvalue weighted by atomic mass is 32.1. The summed E-state index contributed by atoms with van der Waals surface area (Å²) in [7, 11) is 0. The normalized spacial score (nSPS) is 13.0. The Morgan fingerprint density at radius 3 is 2.65 bits per heavy atom. The zero-order valence-corrected chi connectivity index (χ0v) is 22.4. The molecule has 0 saturated heterocycles. The van der Waals surface area contributed by atoms with Crippen LogP contribution in [0, 0.1) is 5.92 Å². The number of nitrogens with zero attached hydrogens (tertiary/aromatic N) is 1. The minimum absolute atomic E-state index is 0.0664. The van der Waals surface area contributed by atoms with E-state index >= 15 is 0 Å². The molecule has 0 aliphatic rings. The van der Waals surface area contributed by atoms with Crippen LogP contribution in [0.3, 0.4) is 0 Å². The average molecular weight is 486 g/mol. The number of ether oxygens (including phenoxy) is 1. The highest BCUT2D eigenvalue weighted by molar-refractivity contribution is 7.26. The van der Waals surface area contributed by atoms with Gasteiger partial charge in [0.1, 0.15) is 5.75 Å². The van der Waals surface area contributed by atoms with E-state index in [-0.39, 0.29) is 5.41 Å². The van der Waals surface area contributed by atoms with Crippen LogP contribution in [0.4, 0.5) is 0 Å². The molecule has 174 valence electrons. The van der Waals surface area contributed by atoms with Crippen LogP contribution in [0.2, 0.25) is 0 Å². The number of fused-ring (bicyclic) bond motifs is 4. The molecule has 34 heavy (non-hydrogen) atoms. The zero-order chi connectivity index (χ0) is 24.0. The SMILES string of the molecule is C/C(=C\CC(C)C)Oc1ccc2c(c1)sc1ccnc(-c3cc(C(C)(C)C)c4sccc4c3)c12. The molecule has 4 heteroatoms. The third-order valence-electron chi connectivity index (χ3n) is 6.14. The van der Waals surface area contributed by atoms with Crippen molar-refractivity contribution in [3.05, 3.63) is 71.4 Å². The van der Waals surface area contributed by atoms with Crippen molar-refractivity contribution in [3.63, 3.8) is 0 Å². The van der Waals surface area contributed by atoms with Gasteiger partial charge in [0.2, 0.25) is 0 Å². The maximum Gasteiger partial charge on any atom is 0.128 e. The molecule has 5 rings (SSSR count). The van der Waals surface area contributed by atoms with E-state index in [1.807, 2.05) is 35.8 Å². The van der Waals surface area contributed by atoms with Crippen molar-refractivity contribution in [2.75, 3.05) is 0 Å². The third-order valence-corrected chi connectivity index (χ3v) is 8.22. The molecule has 0 N–H and O–H groups in total. The largest absolute Gasteiger partial charge is 0.462 e. The second-order valence-electron chi connectivity index (χ2n) is 10.5. The fourth-order valence-electron chi connectivity index (χ4n) is 4.39. The molecule has 5 aromatic rings. The summed E-state index contributed by atoms with van der Waals surface area (Å²) in [6.07, 6.45) is 5.14. The Morgan fingerprint density at radius 2 is 1.88 bits per heavy atom. The predicted octanol–water partition coefficient (Wildman–Crippen LogP) is 9.96. The number of allylic oxidation sites excluding steroid dienone is 2. The monoisotopic (exact) mass is 485 g/mol. The lowest BCUT2D eigenvalue weighted by atomic mass is 9.85. The molecule has 2 nitrogen and oxygen atoms in total.